The average molecular weight is 614 g/mol. The van der Waals surface area contributed by atoms with Crippen molar-refractivity contribution in [2.24, 2.45) is 11.8 Å². The number of rotatable bonds is 19. The van der Waals surface area contributed by atoms with E-state index in [1.807, 2.05) is 14.1 Å². The summed E-state index contributed by atoms with van der Waals surface area (Å²) in [5, 5.41) is 20.9. The number of nitrogens with zero attached hydrogens (tertiary/aromatic N) is 1. The normalized spacial score (nSPS) is 26.0. The number of esters is 1. The number of para-hydroxylation sites is 1. The Morgan fingerprint density at radius 3 is 2.64 bits per heavy atom. The molecule has 1 aromatic rings. The molecule has 1 aliphatic heterocycles. The fraction of sp³-hybridized carbons (Fsp3) is 0.774. The Bertz CT molecular complexity index is 1020. The van der Waals surface area contributed by atoms with Crippen LogP contribution in [0.3, 0.4) is 0 Å². The van der Waals surface area contributed by atoms with Crippen LogP contribution in [0.2, 0.25) is 0 Å². The molecule has 0 radical (unpaired) electrons. The molecular weight excluding hydrogens is 561 g/mol. The molecular formula is C31H52NO9P. The molecule has 1 aliphatic carbocycles. The summed E-state index contributed by atoms with van der Waals surface area (Å²) in [6.07, 6.45) is 9.86. The Morgan fingerprint density at radius 1 is 1.14 bits per heavy atom. The van der Waals surface area contributed by atoms with Crippen molar-refractivity contribution in [2.75, 3.05) is 27.2 Å². The number of phosphoric ester groups is 1. The van der Waals surface area contributed by atoms with Crippen LogP contribution < -0.4 is 9.42 Å². The number of phosphoric acid groups is 1. The summed E-state index contributed by atoms with van der Waals surface area (Å²) in [5.74, 6) is 0.393. The molecule has 0 aromatic heterocycles. The first-order valence-corrected chi connectivity index (χ1v) is 17.2. The molecule has 1 saturated carbocycles. The van der Waals surface area contributed by atoms with Crippen LogP contribution >= 0.6 is 7.82 Å². The lowest BCUT2D eigenvalue weighted by Gasteiger charge is -2.30. The van der Waals surface area contributed by atoms with E-state index in [1.165, 1.54) is 6.07 Å². The van der Waals surface area contributed by atoms with E-state index in [4.69, 9.17) is 18.9 Å². The number of benzene rings is 1. The minimum atomic E-state index is -4.91. The molecule has 3 N–H and O–H groups in total. The summed E-state index contributed by atoms with van der Waals surface area (Å²) in [7, 11) is -1.03. The van der Waals surface area contributed by atoms with Gasteiger partial charge in [-0.3, -0.25) is 9.36 Å². The maximum absolute atomic E-state index is 12.3. The summed E-state index contributed by atoms with van der Waals surface area (Å²) in [5.41, 5.74) is 0.623. The summed E-state index contributed by atoms with van der Waals surface area (Å²) in [4.78, 5) is 32.6. The number of ether oxygens (including phenoxy) is 2. The minimum absolute atomic E-state index is 0.0831. The lowest BCUT2D eigenvalue weighted by atomic mass is 9.85. The number of hydrogen-bond acceptors (Lipinski definition) is 8. The molecule has 42 heavy (non-hydrogen) atoms. The molecule has 11 heteroatoms. The zero-order valence-corrected chi connectivity index (χ0v) is 26.5. The molecule has 2 aliphatic rings. The third-order valence-corrected chi connectivity index (χ3v) is 9.20. The van der Waals surface area contributed by atoms with Crippen LogP contribution in [-0.2, 0) is 25.4 Å². The third kappa shape index (κ3) is 11.9. The quantitative estimate of drug-likeness (QED) is 0.0909. The van der Waals surface area contributed by atoms with Gasteiger partial charge in [0, 0.05) is 18.4 Å². The smallest absolute Gasteiger partial charge is 0.317 e. The summed E-state index contributed by atoms with van der Waals surface area (Å²) in [6, 6.07) is 6.62. The Kier molecular flexibility index (Phi) is 13.8. The lowest BCUT2D eigenvalue weighted by Crippen LogP contribution is -2.41. The van der Waals surface area contributed by atoms with Crippen LogP contribution in [-0.4, -0.2) is 77.2 Å². The zero-order chi connectivity index (χ0) is 30.8. The van der Waals surface area contributed by atoms with Crippen LogP contribution in [0.5, 0.6) is 5.75 Å². The second kappa shape index (κ2) is 16.5. The van der Waals surface area contributed by atoms with Gasteiger partial charge in [0.15, 0.2) is 0 Å². The highest BCUT2D eigenvalue weighted by Gasteiger charge is 2.48. The summed E-state index contributed by atoms with van der Waals surface area (Å²) < 4.78 is 28.0. The molecule has 1 aromatic carbocycles. The van der Waals surface area contributed by atoms with Crippen LogP contribution in [0.4, 0.5) is 0 Å². The van der Waals surface area contributed by atoms with Crippen molar-refractivity contribution in [3.8, 4) is 5.75 Å². The first-order valence-electron chi connectivity index (χ1n) is 15.7. The van der Waals surface area contributed by atoms with Gasteiger partial charge >= 0.3 is 13.8 Å². The number of aliphatic hydroxyl groups is 2. The van der Waals surface area contributed by atoms with Crippen molar-refractivity contribution in [1.29, 1.82) is 0 Å². The van der Waals surface area contributed by atoms with Gasteiger partial charge in [-0.05, 0) is 62.5 Å². The van der Waals surface area contributed by atoms with Crippen LogP contribution in [0, 0.1) is 11.8 Å². The van der Waals surface area contributed by atoms with Crippen LogP contribution in [0.15, 0.2) is 24.3 Å². The van der Waals surface area contributed by atoms with E-state index in [1.54, 1.807) is 18.2 Å². The number of hydrogen-bond donors (Lipinski definition) is 3. The number of fused-ring (bicyclic) bond motifs is 1. The van der Waals surface area contributed by atoms with E-state index < -0.39 is 7.82 Å². The number of likely N-dealkylation sites (N-methyl/N-ethyl adjacent to an activating group) is 1. The molecule has 7 atom stereocenters. The topological polar surface area (TPSA) is 146 Å². The third-order valence-electron chi connectivity index (χ3n) is 8.77. The summed E-state index contributed by atoms with van der Waals surface area (Å²) >= 11 is 0. The number of carbonyl (C=O) groups is 1. The molecule has 0 amide bonds. The van der Waals surface area contributed by atoms with Gasteiger partial charge in [-0.15, -0.1) is 0 Å². The minimum Gasteiger partial charge on any atom is -0.746 e. The second-order valence-electron chi connectivity index (χ2n) is 12.8. The first-order chi connectivity index (χ1) is 19.9. The fourth-order valence-electron chi connectivity index (χ4n) is 6.50. The predicted octanol–water partition coefficient (Wildman–Crippen LogP) is 4.08. The Hall–Kier alpha value is -1.52. The molecule has 1 heterocycles. The van der Waals surface area contributed by atoms with Crippen molar-refractivity contribution in [3.05, 3.63) is 29.8 Å². The van der Waals surface area contributed by atoms with E-state index in [-0.39, 0.29) is 48.7 Å². The standard InChI is InChI=1S/C31H52NO9P/c1-4-5-6-12-24(33)16-17-26-27-20-25(40-30(27)21-28(26)34)13-8-10-15-31(35)39-19-18-32(2,3)22-23-11-7-9-14-29(23)41-42(36,37)38/h7,9,11,14,24-28,30,33-34H,4-6,8,10,12-13,15-22H2,1-3H3,(H-,36,37,38)/t24-,25+,26+,27+,28+,30-/m0/s1. The van der Waals surface area contributed by atoms with Crippen molar-refractivity contribution >= 4 is 13.8 Å². The first kappa shape index (κ1) is 35.0. The number of aliphatic hydroxyl groups excluding tert-OH is 2. The maximum atomic E-state index is 12.3. The molecule has 0 bridgehead atoms. The molecule has 240 valence electrons. The maximum Gasteiger partial charge on any atom is 0.317 e. The van der Waals surface area contributed by atoms with Gasteiger partial charge in [-0.25, -0.2) is 0 Å². The average Bonchev–Trinajstić information content (AvgIpc) is 3.41. The Balaban J connectivity index is 1.30. The van der Waals surface area contributed by atoms with E-state index in [2.05, 4.69) is 6.92 Å². The molecule has 2 fully saturated rings. The molecule has 1 unspecified atom stereocenters. The van der Waals surface area contributed by atoms with E-state index in [9.17, 15) is 24.5 Å². The molecule has 0 spiro atoms. The highest BCUT2D eigenvalue weighted by atomic mass is 31.2. The van der Waals surface area contributed by atoms with E-state index in [0.717, 1.165) is 64.2 Å². The predicted molar refractivity (Wildman–Crippen MR) is 157 cm³/mol. The molecule has 1 saturated heterocycles. The second-order valence-corrected chi connectivity index (χ2v) is 14.0. The zero-order valence-electron chi connectivity index (χ0n) is 25.6. The van der Waals surface area contributed by atoms with Gasteiger partial charge in [-0.1, -0.05) is 44.7 Å². The van der Waals surface area contributed by atoms with E-state index >= 15 is 0 Å². The largest absolute Gasteiger partial charge is 0.746 e. The van der Waals surface area contributed by atoms with Gasteiger partial charge in [0.25, 0.3) is 0 Å². The van der Waals surface area contributed by atoms with Crippen LogP contribution in [0.25, 0.3) is 0 Å². The monoisotopic (exact) mass is 613 g/mol. The molecule has 3 rings (SSSR count). The number of quaternary nitrogens is 1. The lowest BCUT2D eigenvalue weighted by molar-refractivity contribution is -0.903. The van der Waals surface area contributed by atoms with E-state index in [0.29, 0.717) is 41.9 Å². The highest BCUT2D eigenvalue weighted by molar-refractivity contribution is 7.45. The highest BCUT2D eigenvalue weighted by Crippen LogP contribution is 2.46. The van der Waals surface area contributed by atoms with Gasteiger partial charge < -0.3 is 38.5 Å². The van der Waals surface area contributed by atoms with Crippen molar-refractivity contribution in [1.82, 2.24) is 0 Å². The number of unbranched alkanes of at least 4 members (excludes halogenated alkanes) is 3. The van der Waals surface area contributed by atoms with Gasteiger partial charge in [0.2, 0.25) is 0 Å². The van der Waals surface area contributed by atoms with Gasteiger partial charge in [-0.2, -0.15) is 0 Å². The SMILES string of the molecule is CCCCC[C@H](O)CC[C@@H]1[C@H]2C[C@@H](CCCCC(=O)OCC[N+](C)(C)Cc3ccccc3OP(=O)([O-])O)O[C@H]2C[C@H]1O. The van der Waals surface area contributed by atoms with Crippen molar-refractivity contribution < 1.29 is 47.8 Å². The Labute approximate surface area is 251 Å². The van der Waals surface area contributed by atoms with Gasteiger partial charge in [0.05, 0.1) is 38.5 Å². The summed E-state index contributed by atoms with van der Waals surface area (Å²) in [6.45, 7) is 3.35. The number of carbonyl (C=O) groups excluding carboxylic acids is 1. The molecule has 10 nitrogen and oxygen atoms in total. The fourth-order valence-corrected chi connectivity index (χ4v) is 6.92. The van der Waals surface area contributed by atoms with Gasteiger partial charge in [0.1, 0.15) is 25.4 Å². The van der Waals surface area contributed by atoms with Crippen LogP contribution in [0.1, 0.15) is 89.5 Å². The van der Waals surface area contributed by atoms with Crippen molar-refractivity contribution in [2.45, 2.75) is 115 Å². The Morgan fingerprint density at radius 2 is 1.90 bits per heavy atom. The van der Waals surface area contributed by atoms with Crippen molar-refractivity contribution in [3.63, 3.8) is 0 Å².